The van der Waals surface area contributed by atoms with Crippen LogP contribution in [0.5, 0.6) is 0 Å². The maximum atomic E-state index is 11.2. The molecule has 0 amide bonds. The first-order chi connectivity index (χ1) is 12.0. The fourth-order valence-electron chi connectivity index (χ4n) is 2.96. The lowest BCUT2D eigenvalue weighted by molar-refractivity contribution is -0.173. The quantitative estimate of drug-likeness (QED) is 0.379. The summed E-state index contributed by atoms with van der Waals surface area (Å²) < 4.78 is 22.0. The first-order valence-corrected chi connectivity index (χ1v) is 9.64. The van der Waals surface area contributed by atoms with Crippen molar-refractivity contribution < 1.29 is 28.8 Å². The van der Waals surface area contributed by atoms with Gasteiger partial charge in [0.1, 0.15) is 6.10 Å². The Kier molecular flexibility index (Phi) is 11.3. The predicted octanol–water partition coefficient (Wildman–Crippen LogP) is 3.20. The monoisotopic (exact) mass is 360 g/mol. The molecule has 1 rings (SSSR count). The SMILES string of the molecule is CCCCCCCC[C@@H](CO)OCC1COC(C)(CCC(=O)OC)O1. The molecule has 1 aliphatic rings. The minimum Gasteiger partial charge on any atom is -0.469 e. The lowest BCUT2D eigenvalue weighted by atomic mass is 10.1. The number of aliphatic hydroxyl groups is 1. The number of carbonyl (C=O) groups is 1. The molecule has 148 valence electrons. The molecule has 1 heterocycles. The van der Waals surface area contributed by atoms with E-state index in [1.54, 1.807) is 0 Å². The van der Waals surface area contributed by atoms with Crippen molar-refractivity contribution in [3.05, 3.63) is 0 Å². The normalized spacial score (nSPS) is 24.4. The molecule has 1 saturated heterocycles. The van der Waals surface area contributed by atoms with Gasteiger partial charge in [-0.25, -0.2) is 0 Å². The number of rotatable bonds is 14. The Morgan fingerprint density at radius 2 is 2.00 bits per heavy atom. The van der Waals surface area contributed by atoms with E-state index in [9.17, 15) is 9.90 Å². The van der Waals surface area contributed by atoms with Gasteiger partial charge in [0.05, 0.1) is 39.5 Å². The van der Waals surface area contributed by atoms with Crippen LogP contribution in [0.2, 0.25) is 0 Å². The molecule has 0 aromatic carbocycles. The number of methoxy groups -OCH3 is 1. The summed E-state index contributed by atoms with van der Waals surface area (Å²) in [7, 11) is 1.37. The molecule has 1 N–H and O–H groups in total. The molecule has 0 spiro atoms. The van der Waals surface area contributed by atoms with E-state index in [0.29, 0.717) is 19.6 Å². The Morgan fingerprint density at radius 1 is 1.28 bits per heavy atom. The topological polar surface area (TPSA) is 74.2 Å². The summed E-state index contributed by atoms with van der Waals surface area (Å²) in [5.41, 5.74) is 0. The number of ether oxygens (including phenoxy) is 4. The van der Waals surface area contributed by atoms with Crippen LogP contribution in [0.1, 0.15) is 71.6 Å². The molecule has 3 atom stereocenters. The van der Waals surface area contributed by atoms with Crippen molar-refractivity contribution in [1.82, 2.24) is 0 Å². The third kappa shape index (κ3) is 9.54. The number of hydrogen-bond donors (Lipinski definition) is 1. The first-order valence-electron chi connectivity index (χ1n) is 9.64. The highest BCUT2D eigenvalue weighted by molar-refractivity contribution is 5.69. The summed E-state index contributed by atoms with van der Waals surface area (Å²) in [5.74, 6) is -1.04. The highest BCUT2D eigenvalue weighted by atomic mass is 16.7. The Bertz CT molecular complexity index is 362. The Balaban J connectivity index is 2.17. The smallest absolute Gasteiger partial charge is 0.305 e. The second kappa shape index (κ2) is 12.6. The molecule has 1 fully saturated rings. The summed E-state index contributed by atoms with van der Waals surface area (Å²) >= 11 is 0. The molecule has 6 nitrogen and oxygen atoms in total. The number of unbranched alkanes of at least 4 members (excludes halogenated alkanes) is 5. The fourth-order valence-corrected chi connectivity index (χ4v) is 2.96. The van der Waals surface area contributed by atoms with Crippen LogP contribution in [0, 0.1) is 0 Å². The largest absolute Gasteiger partial charge is 0.469 e. The molecular weight excluding hydrogens is 324 g/mol. The molecule has 0 radical (unpaired) electrons. The van der Waals surface area contributed by atoms with Gasteiger partial charge in [-0.1, -0.05) is 45.4 Å². The lowest BCUT2D eigenvalue weighted by Gasteiger charge is -2.23. The van der Waals surface area contributed by atoms with Crippen molar-refractivity contribution in [3.63, 3.8) is 0 Å². The highest BCUT2D eigenvalue weighted by Crippen LogP contribution is 2.28. The molecule has 0 bridgehead atoms. The van der Waals surface area contributed by atoms with Gasteiger partial charge in [-0.2, -0.15) is 0 Å². The van der Waals surface area contributed by atoms with E-state index in [0.717, 1.165) is 12.8 Å². The van der Waals surface area contributed by atoms with Gasteiger partial charge in [0, 0.05) is 6.42 Å². The van der Waals surface area contributed by atoms with Crippen LogP contribution in [0.4, 0.5) is 0 Å². The van der Waals surface area contributed by atoms with Gasteiger partial charge in [-0.15, -0.1) is 0 Å². The number of carbonyl (C=O) groups excluding carboxylic acids is 1. The Labute approximate surface area is 152 Å². The molecule has 0 aromatic heterocycles. The summed E-state index contributed by atoms with van der Waals surface area (Å²) in [6.45, 7) is 4.91. The van der Waals surface area contributed by atoms with Crippen LogP contribution < -0.4 is 0 Å². The lowest BCUT2D eigenvalue weighted by Crippen LogP contribution is -2.30. The van der Waals surface area contributed by atoms with Crippen LogP contribution in [0.25, 0.3) is 0 Å². The van der Waals surface area contributed by atoms with Crippen molar-refractivity contribution >= 4 is 5.97 Å². The molecule has 0 saturated carbocycles. The first kappa shape index (κ1) is 22.4. The molecule has 0 aromatic rings. The van der Waals surface area contributed by atoms with E-state index in [4.69, 9.17) is 14.2 Å². The number of aliphatic hydroxyl groups excluding tert-OH is 1. The summed E-state index contributed by atoms with van der Waals surface area (Å²) in [6.07, 6.45) is 8.65. The number of hydrogen-bond acceptors (Lipinski definition) is 6. The molecule has 1 aliphatic heterocycles. The zero-order valence-corrected chi connectivity index (χ0v) is 16.1. The van der Waals surface area contributed by atoms with E-state index in [1.165, 1.54) is 39.2 Å². The molecular formula is C19H36O6. The fraction of sp³-hybridized carbons (Fsp3) is 0.947. The van der Waals surface area contributed by atoms with Crippen molar-refractivity contribution in [1.29, 1.82) is 0 Å². The molecule has 6 heteroatoms. The van der Waals surface area contributed by atoms with Gasteiger partial charge in [0.25, 0.3) is 0 Å². The summed E-state index contributed by atoms with van der Waals surface area (Å²) in [6, 6.07) is 0. The average Bonchev–Trinajstić information content (AvgIpc) is 3.00. The van der Waals surface area contributed by atoms with Gasteiger partial charge in [0.15, 0.2) is 5.79 Å². The molecule has 0 aliphatic carbocycles. The predicted molar refractivity (Wildman–Crippen MR) is 95.3 cm³/mol. The van der Waals surface area contributed by atoms with Gasteiger partial charge >= 0.3 is 5.97 Å². The minimum absolute atomic E-state index is 0.0299. The van der Waals surface area contributed by atoms with Gasteiger partial charge in [-0.05, 0) is 13.3 Å². The minimum atomic E-state index is -0.768. The molecule has 2 unspecified atom stereocenters. The van der Waals surface area contributed by atoms with Gasteiger partial charge in [0.2, 0.25) is 0 Å². The van der Waals surface area contributed by atoms with Crippen molar-refractivity contribution in [2.45, 2.75) is 89.6 Å². The van der Waals surface area contributed by atoms with Crippen molar-refractivity contribution in [3.8, 4) is 0 Å². The van der Waals surface area contributed by atoms with Gasteiger partial charge in [-0.3, -0.25) is 4.79 Å². The average molecular weight is 360 g/mol. The van der Waals surface area contributed by atoms with Gasteiger partial charge < -0.3 is 24.1 Å². The Hall–Kier alpha value is -0.690. The highest BCUT2D eigenvalue weighted by Gasteiger charge is 2.37. The summed E-state index contributed by atoms with van der Waals surface area (Å²) in [4.78, 5) is 11.2. The third-order valence-corrected chi connectivity index (χ3v) is 4.60. The zero-order chi connectivity index (χ0) is 18.5. The second-order valence-electron chi connectivity index (χ2n) is 6.96. The van der Waals surface area contributed by atoms with Crippen molar-refractivity contribution in [2.75, 3.05) is 26.9 Å². The third-order valence-electron chi connectivity index (χ3n) is 4.60. The Morgan fingerprint density at radius 3 is 2.68 bits per heavy atom. The summed E-state index contributed by atoms with van der Waals surface area (Å²) in [5, 5.41) is 9.47. The maximum Gasteiger partial charge on any atom is 0.305 e. The van der Waals surface area contributed by atoms with Crippen LogP contribution in [0.15, 0.2) is 0 Å². The van der Waals surface area contributed by atoms with E-state index < -0.39 is 5.79 Å². The van der Waals surface area contributed by atoms with Crippen molar-refractivity contribution in [2.24, 2.45) is 0 Å². The van der Waals surface area contributed by atoms with E-state index in [2.05, 4.69) is 11.7 Å². The van der Waals surface area contributed by atoms with Crippen LogP contribution in [-0.4, -0.2) is 56.0 Å². The number of esters is 1. The van der Waals surface area contributed by atoms with E-state index in [1.807, 2.05) is 6.92 Å². The van der Waals surface area contributed by atoms with E-state index >= 15 is 0 Å². The van der Waals surface area contributed by atoms with Crippen LogP contribution in [-0.2, 0) is 23.7 Å². The standard InChI is InChI=1S/C19H36O6/c1-4-5-6-7-8-9-10-16(13-20)23-14-17-15-24-19(2,25-17)12-11-18(21)22-3/h16-17,20H,4-15H2,1-3H3/t16-,17?,19?/m0/s1. The van der Waals surface area contributed by atoms with Crippen LogP contribution >= 0.6 is 0 Å². The van der Waals surface area contributed by atoms with Crippen LogP contribution in [0.3, 0.4) is 0 Å². The maximum absolute atomic E-state index is 11.2. The molecule has 25 heavy (non-hydrogen) atoms. The van der Waals surface area contributed by atoms with E-state index in [-0.39, 0.29) is 31.2 Å². The zero-order valence-electron chi connectivity index (χ0n) is 16.1. The second-order valence-corrected chi connectivity index (χ2v) is 6.96.